The Balaban J connectivity index is 1.99. The first-order chi connectivity index (χ1) is 7.22. The largest absolute Gasteiger partial charge is 0.396 e. The van der Waals surface area contributed by atoms with Gasteiger partial charge in [0, 0.05) is 18.0 Å². The molecule has 1 saturated carbocycles. The smallest absolute Gasteiger partial charge is 0.0502 e. The lowest BCUT2D eigenvalue weighted by atomic mass is 9.81. The van der Waals surface area contributed by atoms with E-state index in [-0.39, 0.29) is 5.41 Å². The highest BCUT2D eigenvalue weighted by Gasteiger charge is 2.51. The Morgan fingerprint density at radius 2 is 2.27 bits per heavy atom. The lowest BCUT2D eigenvalue weighted by Gasteiger charge is -2.38. The highest BCUT2D eigenvalue weighted by Crippen LogP contribution is 2.51. The summed E-state index contributed by atoms with van der Waals surface area (Å²) in [5.74, 6) is 0.725. The molecule has 0 bridgehead atoms. The lowest BCUT2D eigenvalue weighted by Crippen LogP contribution is -2.49. The SMILES string of the molecule is CNC(C1CCCN(C)C1)C1(CO)CC1. The molecule has 1 heterocycles. The Morgan fingerprint density at radius 3 is 2.73 bits per heavy atom. The molecule has 0 radical (unpaired) electrons. The van der Waals surface area contributed by atoms with Gasteiger partial charge in [-0.15, -0.1) is 0 Å². The average molecular weight is 212 g/mol. The average Bonchev–Trinajstić information content (AvgIpc) is 3.00. The molecule has 1 saturated heterocycles. The molecule has 2 aliphatic rings. The molecule has 0 spiro atoms. The van der Waals surface area contributed by atoms with Crippen LogP contribution < -0.4 is 5.32 Å². The van der Waals surface area contributed by atoms with E-state index in [0.717, 1.165) is 5.92 Å². The first kappa shape index (κ1) is 11.4. The van der Waals surface area contributed by atoms with Crippen molar-refractivity contribution in [3.05, 3.63) is 0 Å². The minimum absolute atomic E-state index is 0.220. The number of hydrogen-bond acceptors (Lipinski definition) is 3. The van der Waals surface area contributed by atoms with Crippen LogP contribution in [-0.2, 0) is 0 Å². The summed E-state index contributed by atoms with van der Waals surface area (Å²) in [6.45, 7) is 2.78. The molecular formula is C12H24N2O. The summed E-state index contributed by atoms with van der Waals surface area (Å²) in [6.07, 6.45) is 5.03. The van der Waals surface area contributed by atoms with Crippen molar-refractivity contribution in [1.82, 2.24) is 10.2 Å². The molecule has 3 nitrogen and oxygen atoms in total. The van der Waals surface area contributed by atoms with Crippen molar-refractivity contribution in [2.45, 2.75) is 31.7 Å². The number of rotatable bonds is 4. The topological polar surface area (TPSA) is 35.5 Å². The monoisotopic (exact) mass is 212 g/mol. The fourth-order valence-corrected chi connectivity index (χ4v) is 3.25. The molecule has 2 rings (SSSR count). The van der Waals surface area contributed by atoms with Gasteiger partial charge in [0.05, 0.1) is 6.61 Å². The van der Waals surface area contributed by atoms with Gasteiger partial charge in [0.2, 0.25) is 0 Å². The number of aliphatic hydroxyl groups excluding tert-OH is 1. The quantitative estimate of drug-likeness (QED) is 0.719. The number of piperidine rings is 1. The van der Waals surface area contributed by atoms with Gasteiger partial charge in [-0.05, 0) is 52.2 Å². The van der Waals surface area contributed by atoms with Crippen LogP contribution in [0.4, 0.5) is 0 Å². The van der Waals surface area contributed by atoms with Gasteiger partial charge in [-0.25, -0.2) is 0 Å². The molecule has 2 N–H and O–H groups in total. The lowest BCUT2D eigenvalue weighted by molar-refractivity contribution is 0.101. The van der Waals surface area contributed by atoms with E-state index in [1.165, 1.54) is 38.8 Å². The van der Waals surface area contributed by atoms with Crippen molar-refractivity contribution in [2.75, 3.05) is 33.8 Å². The maximum atomic E-state index is 9.50. The molecule has 0 aromatic heterocycles. The van der Waals surface area contributed by atoms with Crippen LogP contribution in [-0.4, -0.2) is 49.8 Å². The molecule has 1 aliphatic heterocycles. The van der Waals surface area contributed by atoms with E-state index in [4.69, 9.17) is 0 Å². The third-order valence-electron chi connectivity index (χ3n) is 4.31. The zero-order valence-electron chi connectivity index (χ0n) is 10.00. The van der Waals surface area contributed by atoms with Gasteiger partial charge in [-0.3, -0.25) is 0 Å². The summed E-state index contributed by atoms with van der Waals surface area (Å²) in [5, 5.41) is 13.0. The Morgan fingerprint density at radius 1 is 1.53 bits per heavy atom. The third-order valence-corrected chi connectivity index (χ3v) is 4.31. The maximum absolute atomic E-state index is 9.50. The van der Waals surface area contributed by atoms with Crippen molar-refractivity contribution in [1.29, 1.82) is 0 Å². The van der Waals surface area contributed by atoms with Crippen molar-refractivity contribution in [2.24, 2.45) is 11.3 Å². The van der Waals surface area contributed by atoms with Crippen LogP contribution in [0, 0.1) is 11.3 Å². The summed E-state index contributed by atoms with van der Waals surface area (Å²) in [4.78, 5) is 2.42. The van der Waals surface area contributed by atoms with Crippen molar-refractivity contribution >= 4 is 0 Å². The van der Waals surface area contributed by atoms with Crippen LogP contribution in [0.1, 0.15) is 25.7 Å². The Labute approximate surface area is 92.8 Å². The zero-order chi connectivity index (χ0) is 10.9. The Bertz CT molecular complexity index is 216. The second-order valence-electron chi connectivity index (χ2n) is 5.45. The summed E-state index contributed by atoms with van der Waals surface area (Å²) in [7, 11) is 4.26. The fourth-order valence-electron chi connectivity index (χ4n) is 3.25. The van der Waals surface area contributed by atoms with Gasteiger partial charge in [-0.2, -0.15) is 0 Å². The normalized spacial score (nSPS) is 32.6. The molecule has 0 aromatic carbocycles. The second kappa shape index (κ2) is 4.40. The number of nitrogens with one attached hydrogen (secondary N) is 1. The minimum Gasteiger partial charge on any atom is -0.396 e. The molecule has 2 unspecified atom stereocenters. The second-order valence-corrected chi connectivity index (χ2v) is 5.45. The molecule has 2 atom stereocenters. The first-order valence-electron chi connectivity index (χ1n) is 6.18. The van der Waals surface area contributed by atoms with E-state index in [1.807, 2.05) is 0 Å². The molecule has 1 aliphatic carbocycles. The Hall–Kier alpha value is -0.120. The van der Waals surface area contributed by atoms with Crippen LogP contribution in [0.15, 0.2) is 0 Å². The molecule has 2 fully saturated rings. The number of nitrogens with zero attached hydrogens (tertiary/aromatic N) is 1. The van der Waals surface area contributed by atoms with E-state index in [9.17, 15) is 5.11 Å². The molecule has 3 heteroatoms. The van der Waals surface area contributed by atoms with Crippen LogP contribution in [0.25, 0.3) is 0 Å². The van der Waals surface area contributed by atoms with E-state index in [2.05, 4.69) is 24.3 Å². The van der Waals surface area contributed by atoms with Gasteiger partial charge in [0.25, 0.3) is 0 Å². The van der Waals surface area contributed by atoms with Crippen molar-refractivity contribution in [3.63, 3.8) is 0 Å². The standard InChI is InChI=1S/C12H24N2O/c1-13-11(12(9-15)5-6-12)10-4-3-7-14(2)8-10/h10-11,13,15H,3-9H2,1-2H3. The predicted octanol–water partition coefficient (Wildman–Crippen LogP) is 0.689. The molecule has 88 valence electrons. The van der Waals surface area contributed by atoms with Crippen molar-refractivity contribution < 1.29 is 5.11 Å². The van der Waals surface area contributed by atoms with Gasteiger partial charge in [-0.1, -0.05) is 0 Å². The summed E-state index contributed by atoms with van der Waals surface area (Å²) >= 11 is 0. The van der Waals surface area contributed by atoms with Crippen LogP contribution in [0.2, 0.25) is 0 Å². The first-order valence-corrected chi connectivity index (χ1v) is 6.18. The maximum Gasteiger partial charge on any atom is 0.0502 e. The third kappa shape index (κ3) is 2.19. The fraction of sp³-hybridized carbons (Fsp3) is 1.00. The van der Waals surface area contributed by atoms with E-state index >= 15 is 0 Å². The predicted molar refractivity (Wildman–Crippen MR) is 61.8 cm³/mol. The number of hydrogen-bond donors (Lipinski definition) is 2. The van der Waals surface area contributed by atoms with Crippen LogP contribution in [0.3, 0.4) is 0 Å². The van der Waals surface area contributed by atoms with E-state index < -0.39 is 0 Å². The van der Waals surface area contributed by atoms with Gasteiger partial charge in [0.15, 0.2) is 0 Å². The molecule has 0 amide bonds. The number of aliphatic hydroxyl groups is 1. The van der Waals surface area contributed by atoms with Gasteiger partial charge in [0.1, 0.15) is 0 Å². The highest BCUT2D eigenvalue weighted by molar-refractivity contribution is 5.04. The van der Waals surface area contributed by atoms with Gasteiger partial charge < -0.3 is 15.3 Å². The Kier molecular flexibility index (Phi) is 3.33. The molecule has 15 heavy (non-hydrogen) atoms. The van der Waals surface area contributed by atoms with E-state index in [0.29, 0.717) is 12.6 Å². The minimum atomic E-state index is 0.220. The van der Waals surface area contributed by atoms with Crippen LogP contribution >= 0.6 is 0 Å². The molecule has 0 aromatic rings. The highest BCUT2D eigenvalue weighted by atomic mass is 16.3. The van der Waals surface area contributed by atoms with Crippen molar-refractivity contribution in [3.8, 4) is 0 Å². The zero-order valence-corrected chi connectivity index (χ0v) is 10.00. The van der Waals surface area contributed by atoms with E-state index in [1.54, 1.807) is 0 Å². The van der Waals surface area contributed by atoms with Crippen LogP contribution in [0.5, 0.6) is 0 Å². The summed E-state index contributed by atoms with van der Waals surface area (Å²) < 4.78 is 0. The molecular weight excluding hydrogens is 188 g/mol. The summed E-state index contributed by atoms with van der Waals surface area (Å²) in [5.41, 5.74) is 0.220. The van der Waals surface area contributed by atoms with Gasteiger partial charge >= 0.3 is 0 Å². The number of likely N-dealkylation sites (tertiary alicyclic amines) is 1. The summed E-state index contributed by atoms with van der Waals surface area (Å²) in [6, 6.07) is 0.519.